The number of aromatic nitrogens is 2. The van der Waals surface area contributed by atoms with Crippen molar-refractivity contribution in [1.82, 2.24) is 15.1 Å². The molecule has 4 nitrogen and oxygen atoms in total. The molecule has 124 valence electrons. The lowest BCUT2D eigenvalue weighted by Gasteiger charge is -2.08. The Hall–Kier alpha value is -1.92. The maximum Gasteiger partial charge on any atom is 0.252 e. The van der Waals surface area contributed by atoms with Gasteiger partial charge in [-0.05, 0) is 64.3 Å². The second-order valence-corrected chi connectivity index (χ2v) is 7.15. The van der Waals surface area contributed by atoms with Gasteiger partial charge in [0, 0.05) is 22.3 Å². The van der Waals surface area contributed by atoms with Crippen molar-refractivity contribution in [2.24, 2.45) is 0 Å². The summed E-state index contributed by atoms with van der Waals surface area (Å²) < 4.78 is 2.76. The highest BCUT2D eigenvalue weighted by molar-refractivity contribution is 9.10. The summed E-state index contributed by atoms with van der Waals surface area (Å²) in [5, 5.41) is 11.8. The number of carbonyl (C=O) groups excluding carboxylic acids is 1. The molecule has 1 amide bonds. The molecule has 24 heavy (non-hydrogen) atoms. The Morgan fingerprint density at radius 2 is 2.08 bits per heavy atom. The molecule has 1 N–H and O–H groups in total. The molecule has 0 bridgehead atoms. The van der Waals surface area contributed by atoms with Crippen LogP contribution in [0.3, 0.4) is 0 Å². The Morgan fingerprint density at radius 1 is 1.29 bits per heavy atom. The zero-order valence-corrected chi connectivity index (χ0v) is 15.9. The Balaban J connectivity index is 1.67. The van der Waals surface area contributed by atoms with Crippen LogP contribution in [0.2, 0.25) is 0 Å². The summed E-state index contributed by atoms with van der Waals surface area (Å²) in [5.41, 5.74) is 5.18. The quantitative estimate of drug-likeness (QED) is 0.684. The van der Waals surface area contributed by atoms with Crippen LogP contribution in [-0.4, -0.2) is 22.2 Å². The summed E-state index contributed by atoms with van der Waals surface area (Å²) in [6.07, 6.45) is 0. The van der Waals surface area contributed by atoms with Crippen LogP contribution in [-0.2, 0) is 6.54 Å². The van der Waals surface area contributed by atoms with E-state index in [0.29, 0.717) is 18.7 Å². The van der Waals surface area contributed by atoms with E-state index in [2.05, 4.69) is 50.1 Å². The summed E-state index contributed by atoms with van der Waals surface area (Å²) >= 11 is 5.09. The molecule has 0 atom stereocenters. The van der Waals surface area contributed by atoms with Crippen LogP contribution in [0.4, 0.5) is 0 Å². The van der Waals surface area contributed by atoms with Gasteiger partial charge in [0.1, 0.15) is 0 Å². The Bertz CT molecular complexity index is 855. The Morgan fingerprint density at radius 3 is 2.79 bits per heavy atom. The van der Waals surface area contributed by atoms with Gasteiger partial charge in [0.05, 0.1) is 17.8 Å². The number of carbonyl (C=O) groups is 1. The predicted molar refractivity (Wildman–Crippen MR) is 101 cm³/mol. The molecule has 1 aromatic carbocycles. The highest BCUT2D eigenvalue weighted by atomic mass is 79.9. The number of nitrogens with one attached hydrogen (secondary N) is 1. The van der Waals surface area contributed by atoms with Crippen molar-refractivity contribution in [3.05, 3.63) is 62.5 Å². The summed E-state index contributed by atoms with van der Waals surface area (Å²) in [4.78, 5) is 12.2. The molecule has 0 fully saturated rings. The number of halogens is 1. The summed E-state index contributed by atoms with van der Waals surface area (Å²) in [7, 11) is 0. The van der Waals surface area contributed by atoms with E-state index in [9.17, 15) is 4.79 Å². The molecule has 2 heterocycles. The monoisotopic (exact) mass is 403 g/mol. The minimum Gasteiger partial charge on any atom is -0.350 e. The first-order chi connectivity index (χ1) is 11.6. The summed E-state index contributed by atoms with van der Waals surface area (Å²) in [6.45, 7) is 5.27. The third kappa shape index (κ3) is 3.44. The van der Waals surface area contributed by atoms with E-state index in [1.165, 1.54) is 11.1 Å². The normalized spacial score (nSPS) is 10.8. The van der Waals surface area contributed by atoms with E-state index in [1.54, 1.807) is 17.4 Å². The fraction of sp³-hybridized carbons (Fsp3) is 0.222. The summed E-state index contributed by atoms with van der Waals surface area (Å²) in [5.74, 6) is -0.0814. The minimum absolute atomic E-state index is 0.0814. The van der Waals surface area contributed by atoms with Crippen LogP contribution >= 0.6 is 27.3 Å². The van der Waals surface area contributed by atoms with Gasteiger partial charge < -0.3 is 5.32 Å². The molecular weight excluding hydrogens is 386 g/mol. The average molecular weight is 404 g/mol. The van der Waals surface area contributed by atoms with Crippen LogP contribution in [0.25, 0.3) is 11.1 Å². The van der Waals surface area contributed by atoms with Crippen molar-refractivity contribution < 1.29 is 4.79 Å². The predicted octanol–water partition coefficient (Wildman–Crippen LogP) is 4.42. The number of thiophene rings is 1. The molecule has 0 saturated heterocycles. The van der Waals surface area contributed by atoms with Crippen molar-refractivity contribution in [2.75, 3.05) is 6.54 Å². The van der Waals surface area contributed by atoms with Crippen molar-refractivity contribution in [2.45, 2.75) is 20.4 Å². The molecule has 0 radical (unpaired) electrons. The fourth-order valence-corrected chi connectivity index (χ4v) is 3.87. The van der Waals surface area contributed by atoms with Gasteiger partial charge in [-0.3, -0.25) is 9.48 Å². The minimum atomic E-state index is -0.0814. The number of hydrogen-bond donors (Lipinski definition) is 1. The van der Waals surface area contributed by atoms with Gasteiger partial charge >= 0.3 is 0 Å². The molecule has 6 heteroatoms. The summed E-state index contributed by atoms with van der Waals surface area (Å²) in [6, 6.07) is 9.53. The molecule has 3 aromatic rings. The van der Waals surface area contributed by atoms with E-state index in [-0.39, 0.29) is 5.91 Å². The molecule has 2 aromatic heterocycles. The smallest absolute Gasteiger partial charge is 0.252 e. The van der Waals surface area contributed by atoms with Crippen molar-refractivity contribution >= 4 is 33.2 Å². The van der Waals surface area contributed by atoms with Crippen LogP contribution in [0, 0.1) is 13.8 Å². The molecule has 0 aliphatic carbocycles. The molecule has 0 aliphatic rings. The van der Waals surface area contributed by atoms with Crippen molar-refractivity contribution in [1.29, 1.82) is 0 Å². The van der Waals surface area contributed by atoms with Crippen molar-refractivity contribution in [3.63, 3.8) is 0 Å². The second kappa shape index (κ2) is 7.32. The van der Waals surface area contributed by atoms with Crippen LogP contribution < -0.4 is 5.32 Å². The van der Waals surface area contributed by atoms with Gasteiger partial charge in [-0.15, -0.1) is 0 Å². The van der Waals surface area contributed by atoms with E-state index in [4.69, 9.17) is 0 Å². The first-order valence-electron chi connectivity index (χ1n) is 7.67. The van der Waals surface area contributed by atoms with Crippen LogP contribution in [0.1, 0.15) is 21.7 Å². The lowest BCUT2D eigenvalue weighted by atomic mass is 10.1. The third-order valence-corrected chi connectivity index (χ3v) is 5.29. The maximum absolute atomic E-state index is 12.2. The third-order valence-electron chi connectivity index (χ3n) is 3.92. The lowest BCUT2D eigenvalue weighted by Crippen LogP contribution is -2.28. The SMILES string of the molecule is Cc1nn(CCNC(=O)c2ccccc2Br)c(C)c1-c1ccsc1. The van der Waals surface area contributed by atoms with E-state index < -0.39 is 0 Å². The van der Waals surface area contributed by atoms with Gasteiger partial charge in [0.2, 0.25) is 0 Å². The second-order valence-electron chi connectivity index (χ2n) is 5.52. The highest BCUT2D eigenvalue weighted by Gasteiger charge is 2.14. The number of aryl methyl sites for hydroxylation is 1. The number of rotatable bonds is 5. The highest BCUT2D eigenvalue weighted by Crippen LogP contribution is 2.28. The van der Waals surface area contributed by atoms with Crippen LogP contribution in [0.15, 0.2) is 45.6 Å². The average Bonchev–Trinajstić information content (AvgIpc) is 3.16. The number of benzene rings is 1. The van der Waals surface area contributed by atoms with E-state index in [1.807, 2.05) is 29.8 Å². The molecule has 0 saturated carbocycles. The van der Waals surface area contributed by atoms with Crippen molar-refractivity contribution in [3.8, 4) is 11.1 Å². The Labute approximate surface area is 153 Å². The molecule has 0 spiro atoms. The van der Waals surface area contributed by atoms with Gasteiger partial charge in [0.15, 0.2) is 0 Å². The topological polar surface area (TPSA) is 46.9 Å². The van der Waals surface area contributed by atoms with Gasteiger partial charge in [0.25, 0.3) is 5.91 Å². The zero-order chi connectivity index (χ0) is 17.1. The lowest BCUT2D eigenvalue weighted by molar-refractivity contribution is 0.0951. The fourth-order valence-electron chi connectivity index (χ4n) is 2.76. The Kier molecular flexibility index (Phi) is 5.16. The molecule has 0 unspecified atom stereocenters. The zero-order valence-electron chi connectivity index (χ0n) is 13.5. The standard InChI is InChI=1S/C18H18BrN3OS/c1-12-17(14-7-10-24-11-14)13(2)22(21-12)9-8-20-18(23)15-5-3-4-6-16(15)19/h3-7,10-11H,8-9H2,1-2H3,(H,20,23). The number of amides is 1. The first kappa shape index (κ1) is 16.9. The van der Waals surface area contributed by atoms with Crippen LogP contribution in [0.5, 0.6) is 0 Å². The largest absolute Gasteiger partial charge is 0.350 e. The van der Waals surface area contributed by atoms with E-state index in [0.717, 1.165) is 15.9 Å². The maximum atomic E-state index is 12.2. The first-order valence-corrected chi connectivity index (χ1v) is 9.41. The molecular formula is C18H18BrN3OS. The molecule has 3 rings (SSSR count). The number of hydrogen-bond acceptors (Lipinski definition) is 3. The van der Waals surface area contributed by atoms with Gasteiger partial charge in [-0.2, -0.15) is 16.4 Å². The molecule has 0 aliphatic heterocycles. The van der Waals surface area contributed by atoms with E-state index >= 15 is 0 Å². The number of nitrogens with zero attached hydrogens (tertiary/aromatic N) is 2. The van der Waals surface area contributed by atoms with Gasteiger partial charge in [-0.1, -0.05) is 12.1 Å². The van der Waals surface area contributed by atoms with Gasteiger partial charge in [-0.25, -0.2) is 0 Å².